The van der Waals surface area contributed by atoms with Gasteiger partial charge in [0.2, 0.25) is 0 Å². The summed E-state index contributed by atoms with van der Waals surface area (Å²) in [4.78, 5) is 0.307. The van der Waals surface area contributed by atoms with Crippen LogP contribution in [0.5, 0.6) is 0 Å². The number of rotatable bonds is 10. The molecule has 0 saturated heterocycles. The molecular formula is C19H26Cl2N4O4S2. The van der Waals surface area contributed by atoms with Crippen molar-refractivity contribution in [3.05, 3.63) is 59.7 Å². The van der Waals surface area contributed by atoms with Crippen LogP contribution in [0, 0.1) is 10.8 Å². The Morgan fingerprint density at radius 3 is 1.16 bits per heavy atom. The predicted octanol–water partition coefficient (Wildman–Crippen LogP) is 2.52. The first-order valence-corrected chi connectivity index (χ1v) is 12.2. The predicted molar refractivity (Wildman–Crippen MR) is 127 cm³/mol. The van der Waals surface area contributed by atoms with E-state index in [1.165, 1.54) is 48.5 Å². The minimum Gasteiger partial charge on any atom is -0.384 e. The lowest BCUT2D eigenvalue weighted by Gasteiger charge is -2.07. The summed E-state index contributed by atoms with van der Waals surface area (Å²) in [6, 6.07) is 11.6. The van der Waals surface area contributed by atoms with Crippen LogP contribution < -0.4 is 11.5 Å². The number of unbranched alkanes of at least 4 members (excludes halogenated alkanes) is 2. The Labute approximate surface area is 195 Å². The van der Waals surface area contributed by atoms with E-state index in [0.29, 0.717) is 30.4 Å². The molecule has 12 heteroatoms. The molecule has 0 radical (unpaired) electrons. The minimum absolute atomic E-state index is 0. The lowest BCUT2D eigenvalue weighted by atomic mass is 10.2. The second-order valence-electron chi connectivity index (χ2n) is 6.57. The second-order valence-corrected chi connectivity index (χ2v) is 10.8. The summed E-state index contributed by atoms with van der Waals surface area (Å²) in [5.41, 5.74) is 11.6. The summed E-state index contributed by atoms with van der Waals surface area (Å²) in [5, 5.41) is 14.6. The van der Waals surface area contributed by atoms with Crippen LogP contribution in [0.15, 0.2) is 58.3 Å². The molecule has 0 bridgehead atoms. The second kappa shape index (κ2) is 12.0. The molecule has 0 fully saturated rings. The summed E-state index contributed by atoms with van der Waals surface area (Å²) in [6.07, 6.45) is 1.14. The summed E-state index contributed by atoms with van der Waals surface area (Å²) in [6.45, 7) is 0. The average molecular weight is 509 g/mol. The molecule has 31 heavy (non-hydrogen) atoms. The highest BCUT2D eigenvalue weighted by molar-refractivity contribution is 7.91. The van der Waals surface area contributed by atoms with E-state index in [-0.39, 0.29) is 57.8 Å². The number of amidine groups is 2. The molecule has 0 aliphatic carbocycles. The van der Waals surface area contributed by atoms with Crippen molar-refractivity contribution in [2.75, 3.05) is 11.5 Å². The Kier molecular flexibility index (Phi) is 11.2. The molecule has 0 unspecified atom stereocenters. The molecule has 0 spiro atoms. The molecule has 0 saturated carbocycles. The van der Waals surface area contributed by atoms with Crippen molar-refractivity contribution in [3.8, 4) is 0 Å². The Bertz CT molecular complexity index is 1010. The average Bonchev–Trinajstić information content (AvgIpc) is 2.67. The van der Waals surface area contributed by atoms with Crippen LogP contribution in [0.1, 0.15) is 30.4 Å². The number of benzene rings is 2. The van der Waals surface area contributed by atoms with Crippen LogP contribution >= 0.6 is 24.8 Å². The number of hydrogen-bond donors (Lipinski definition) is 4. The van der Waals surface area contributed by atoms with E-state index in [2.05, 4.69) is 0 Å². The van der Waals surface area contributed by atoms with Gasteiger partial charge < -0.3 is 11.5 Å². The number of sulfone groups is 2. The van der Waals surface area contributed by atoms with Gasteiger partial charge in [0, 0.05) is 11.1 Å². The molecule has 0 aliphatic heterocycles. The molecule has 0 atom stereocenters. The van der Waals surface area contributed by atoms with E-state index in [9.17, 15) is 16.8 Å². The van der Waals surface area contributed by atoms with Crippen molar-refractivity contribution in [3.63, 3.8) is 0 Å². The van der Waals surface area contributed by atoms with E-state index in [1.54, 1.807) is 0 Å². The number of nitrogens with one attached hydrogen (secondary N) is 2. The van der Waals surface area contributed by atoms with Crippen molar-refractivity contribution in [1.29, 1.82) is 10.8 Å². The molecule has 172 valence electrons. The maximum atomic E-state index is 12.4. The zero-order chi connectivity index (χ0) is 21.7. The van der Waals surface area contributed by atoms with Crippen LogP contribution in [0.25, 0.3) is 0 Å². The van der Waals surface area contributed by atoms with Gasteiger partial charge in [0.1, 0.15) is 11.7 Å². The van der Waals surface area contributed by atoms with Crippen LogP contribution in [0.4, 0.5) is 0 Å². The fourth-order valence-electron chi connectivity index (χ4n) is 2.68. The minimum atomic E-state index is -3.48. The Balaban J connectivity index is 0.00000450. The van der Waals surface area contributed by atoms with Crippen LogP contribution in [-0.2, 0) is 19.7 Å². The lowest BCUT2D eigenvalue weighted by Crippen LogP contribution is -2.13. The third kappa shape index (κ3) is 8.13. The molecule has 2 rings (SSSR count). The topological polar surface area (TPSA) is 168 Å². The highest BCUT2D eigenvalue weighted by Gasteiger charge is 2.16. The molecule has 6 N–H and O–H groups in total. The van der Waals surface area contributed by atoms with Crippen LogP contribution in [-0.4, -0.2) is 40.0 Å². The number of nitrogens with two attached hydrogens (primary N) is 2. The number of halogens is 2. The fraction of sp³-hybridized carbons (Fsp3) is 0.263. The Hall–Kier alpha value is -2.14. The Morgan fingerprint density at radius 2 is 0.903 bits per heavy atom. The van der Waals surface area contributed by atoms with E-state index >= 15 is 0 Å². The first-order chi connectivity index (χ1) is 13.5. The van der Waals surface area contributed by atoms with Gasteiger partial charge in [-0.25, -0.2) is 16.8 Å². The third-order valence-electron chi connectivity index (χ3n) is 4.38. The summed E-state index contributed by atoms with van der Waals surface area (Å²) in [7, 11) is -6.95. The van der Waals surface area contributed by atoms with E-state index in [1.807, 2.05) is 0 Å². The maximum absolute atomic E-state index is 12.4. The summed E-state index contributed by atoms with van der Waals surface area (Å²) in [5.74, 6) is -0.434. The molecule has 2 aromatic carbocycles. The molecule has 8 nitrogen and oxygen atoms in total. The molecule has 0 aromatic heterocycles. The molecular weight excluding hydrogens is 483 g/mol. The zero-order valence-corrected chi connectivity index (χ0v) is 19.8. The highest BCUT2D eigenvalue weighted by atomic mass is 35.5. The van der Waals surface area contributed by atoms with Crippen molar-refractivity contribution in [2.45, 2.75) is 29.1 Å². The quantitative estimate of drug-likeness (QED) is 0.218. The van der Waals surface area contributed by atoms with Crippen molar-refractivity contribution >= 4 is 56.2 Å². The van der Waals surface area contributed by atoms with Gasteiger partial charge in [-0.2, -0.15) is 0 Å². The lowest BCUT2D eigenvalue weighted by molar-refractivity contribution is 0.587. The molecule has 0 aliphatic rings. The third-order valence-corrected chi connectivity index (χ3v) is 8.01. The van der Waals surface area contributed by atoms with Gasteiger partial charge in [0.25, 0.3) is 0 Å². The standard InChI is InChI=1S/C19H24N4O4S2.2ClH/c20-18(21)14-4-8-16(9-5-14)28(24,25)12-2-1-3-13-29(26,27)17-10-6-15(7-11-17)19(22)23;;/h4-11H,1-3,12-13H2,(H3,20,21)(H3,22,23);2*1H. The zero-order valence-electron chi connectivity index (χ0n) is 16.6. The number of nitrogen functional groups attached to an aromatic ring is 2. The monoisotopic (exact) mass is 508 g/mol. The molecule has 2 aromatic rings. The van der Waals surface area contributed by atoms with Crippen molar-refractivity contribution < 1.29 is 16.8 Å². The Morgan fingerprint density at radius 1 is 0.613 bits per heavy atom. The van der Waals surface area contributed by atoms with Gasteiger partial charge in [0.15, 0.2) is 19.7 Å². The van der Waals surface area contributed by atoms with Crippen LogP contribution in [0.2, 0.25) is 0 Å². The van der Waals surface area contributed by atoms with E-state index < -0.39 is 19.7 Å². The van der Waals surface area contributed by atoms with E-state index in [4.69, 9.17) is 22.3 Å². The molecule has 0 amide bonds. The summed E-state index contributed by atoms with van der Waals surface area (Å²) < 4.78 is 49.4. The van der Waals surface area contributed by atoms with Crippen molar-refractivity contribution in [2.24, 2.45) is 11.5 Å². The van der Waals surface area contributed by atoms with Gasteiger partial charge in [-0.05, 0) is 37.1 Å². The van der Waals surface area contributed by atoms with Crippen molar-refractivity contribution in [1.82, 2.24) is 0 Å². The summed E-state index contributed by atoms with van der Waals surface area (Å²) >= 11 is 0. The highest BCUT2D eigenvalue weighted by Crippen LogP contribution is 2.17. The van der Waals surface area contributed by atoms with E-state index in [0.717, 1.165) is 0 Å². The fourth-order valence-corrected chi connectivity index (χ4v) is 5.42. The number of hydrogen-bond acceptors (Lipinski definition) is 6. The first kappa shape index (κ1) is 28.9. The van der Waals surface area contributed by atoms with Gasteiger partial charge in [-0.15, -0.1) is 24.8 Å². The normalized spacial score (nSPS) is 11.1. The smallest absolute Gasteiger partial charge is 0.178 e. The van der Waals surface area contributed by atoms with Gasteiger partial charge in [0.05, 0.1) is 21.3 Å². The van der Waals surface area contributed by atoms with Gasteiger partial charge in [-0.3, -0.25) is 10.8 Å². The SMILES string of the molecule is Cl.Cl.N=C(N)c1ccc(S(=O)(=O)CCCCCS(=O)(=O)c2ccc(C(=N)N)cc2)cc1. The molecule has 0 heterocycles. The first-order valence-electron chi connectivity index (χ1n) is 8.87. The maximum Gasteiger partial charge on any atom is 0.178 e. The van der Waals surface area contributed by atoms with Gasteiger partial charge >= 0.3 is 0 Å². The largest absolute Gasteiger partial charge is 0.384 e. The van der Waals surface area contributed by atoms with Gasteiger partial charge in [-0.1, -0.05) is 30.7 Å². The van der Waals surface area contributed by atoms with Crippen LogP contribution in [0.3, 0.4) is 0 Å².